The minimum Gasteiger partial charge on any atom is -0.0694 e. The van der Waals surface area contributed by atoms with Gasteiger partial charge in [0, 0.05) is 16.1 Å². The van der Waals surface area contributed by atoms with E-state index in [4.69, 9.17) is 0 Å². The van der Waals surface area contributed by atoms with Crippen LogP contribution in [0.5, 0.6) is 0 Å². The van der Waals surface area contributed by atoms with Gasteiger partial charge in [0.2, 0.25) is 0 Å². The number of rotatable bonds is 2. The molecule has 0 aromatic carbocycles. The first-order chi connectivity index (χ1) is 4.15. The van der Waals surface area contributed by atoms with Gasteiger partial charge in [-0.3, -0.25) is 0 Å². The van der Waals surface area contributed by atoms with Crippen LogP contribution in [0.25, 0.3) is 0 Å². The highest BCUT2D eigenvalue weighted by molar-refractivity contribution is 7.02. The van der Waals surface area contributed by atoms with E-state index in [0.29, 0.717) is 0 Å². The molecule has 0 saturated heterocycles. The van der Waals surface area contributed by atoms with Crippen molar-refractivity contribution in [3.05, 3.63) is 5.16 Å². The zero-order valence-corrected chi connectivity index (χ0v) is 10.5. The molecular formula is C8H21Si2. The predicted octanol–water partition coefficient (Wildman–Crippen LogP) is 3.34. The van der Waals surface area contributed by atoms with Crippen LogP contribution in [0.4, 0.5) is 0 Å². The summed E-state index contributed by atoms with van der Waals surface area (Å²) >= 11 is 0. The molecule has 0 saturated carbocycles. The van der Waals surface area contributed by atoms with Crippen LogP contribution in [0, 0.1) is 5.16 Å². The topological polar surface area (TPSA) is 0 Å². The van der Waals surface area contributed by atoms with Gasteiger partial charge in [0.1, 0.15) is 0 Å². The van der Waals surface area contributed by atoms with Gasteiger partial charge in [0.05, 0.1) is 0 Å². The van der Waals surface area contributed by atoms with Gasteiger partial charge in [-0.05, 0) is 5.16 Å². The molecular weight excluding hydrogens is 152 g/mol. The summed E-state index contributed by atoms with van der Waals surface area (Å²) in [6, 6.07) is 0. The maximum absolute atomic E-state index is 2.45. The van der Waals surface area contributed by atoms with Crippen LogP contribution in [-0.2, 0) is 0 Å². The molecule has 0 heterocycles. The van der Waals surface area contributed by atoms with E-state index >= 15 is 0 Å². The van der Waals surface area contributed by atoms with E-state index in [0.717, 1.165) is 0 Å². The zero-order chi connectivity index (χ0) is 8.58. The van der Waals surface area contributed by atoms with Gasteiger partial charge in [-0.1, -0.05) is 46.2 Å². The van der Waals surface area contributed by atoms with Gasteiger partial charge in [-0.2, -0.15) is 0 Å². The Morgan fingerprint density at radius 2 is 0.900 bits per heavy atom. The first-order valence-electron chi connectivity index (χ1n) is 4.00. The third kappa shape index (κ3) is 3.01. The fraction of sp³-hybridized carbons (Fsp3) is 0.875. The van der Waals surface area contributed by atoms with Gasteiger partial charge >= 0.3 is 0 Å². The summed E-state index contributed by atoms with van der Waals surface area (Å²) in [5.74, 6) is 0. The molecule has 0 aliphatic carbocycles. The summed E-state index contributed by atoms with van der Waals surface area (Å²) in [4.78, 5) is 0. The Morgan fingerprint density at radius 1 is 0.700 bits per heavy atom. The molecule has 1 radical (unpaired) electrons. The standard InChI is InChI=1S/C8H21Si2/c1-8(9(2,3)4)10(5,6)7/h1-7H3. The van der Waals surface area contributed by atoms with Crippen molar-refractivity contribution in [3.8, 4) is 0 Å². The summed E-state index contributed by atoms with van der Waals surface area (Å²) < 4.78 is 0. The van der Waals surface area contributed by atoms with Crippen molar-refractivity contribution in [2.45, 2.75) is 46.2 Å². The largest absolute Gasteiger partial charge is 0.0694 e. The minimum absolute atomic E-state index is 0.918. The van der Waals surface area contributed by atoms with Crippen molar-refractivity contribution < 1.29 is 0 Å². The lowest BCUT2D eigenvalue weighted by Crippen LogP contribution is -2.44. The van der Waals surface area contributed by atoms with E-state index in [1.807, 2.05) is 5.16 Å². The second-order valence-corrected chi connectivity index (χ2v) is 16.1. The maximum atomic E-state index is 2.45. The molecule has 0 bridgehead atoms. The molecule has 0 N–H and O–H groups in total. The summed E-state index contributed by atoms with van der Waals surface area (Å²) in [6.07, 6.45) is 0. The summed E-state index contributed by atoms with van der Waals surface area (Å²) in [7, 11) is -1.84. The zero-order valence-electron chi connectivity index (χ0n) is 8.50. The Balaban J connectivity index is 4.23. The number of hydrogen-bond donors (Lipinski definition) is 0. The lowest BCUT2D eigenvalue weighted by Gasteiger charge is -2.34. The van der Waals surface area contributed by atoms with E-state index in [9.17, 15) is 0 Å². The van der Waals surface area contributed by atoms with Gasteiger partial charge in [0.25, 0.3) is 0 Å². The molecule has 0 fully saturated rings. The van der Waals surface area contributed by atoms with Gasteiger partial charge in [0.15, 0.2) is 0 Å². The second-order valence-electron chi connectivity index (χ2n) is 5.12. The van der Waals surface area contributed by atoms with E-state index < -0.39 is 16.1 Å². The van der Waals surface area contributed by atoms with Crippen LogP contribution in [-0.4, -0.2) is 16.1 Å². The third-order valence-corrected chi connectivity index (χ3v) is 11.2. The summed E-state index contributed by atoms with van der Waals surface area (Å²) in [6.45, 7) is 17.0. The Labute approximate surface area is 68.1 Å². The SMILES string of the molecule is C[C]([Si](C)(C)C)[Si](C)(C)C. The molecule has 0 aromatic heterocycles. The van der Waals surface area contributed by atoms with Crippen molar-refractivity contribution in [1.82, 2.24) is 0 Å². The molecule has 0 unspecified atom stereocenters. The van der Waals surface area contributed by atoms with E-state index in [2.05, 4.69) is 46.2 Å². The molecule has 0 rings (SSSR count). The average Bonchev–Trinajstić information content (AvgIpc) is 1.59. The fourth-order valence-electron chi connectivity index (χ4n) is 1.12. The van der Waals surface area contributed by atoms with Crippen molar-refractivity contribution in [2.24, 2.45) is 0 Å². The molecule has 0 amide bonds. The normalized spacial score (nSPS) is 14.4. The van der Waals surface area contributed by atoms with Crippen molar-refractivity contribution in [3.63, 3.8) is 0 Å². The first kappa shape index (κ1) is 10.4. The quantitative estimate of drug-likeness (QED) is 0.562. The molecule has 0 spiro atoms. The smallest absolute Gasteiger partial charge is 0.0475 e. The fourth-order valence-corrected chi connectivity index (χ4v) is 10.1. The highest BCUT2D eigenvalue weighted by atomic mass is 28.4. The van der Waals surface area contributed by atoms with Crippen molar-refractivity contribution in [1.29, 1.82) is 0 Å². The summed E-state index contributed by atoms with van der Waals surface area (Å²) in [5, 5.41) is 1.85. The molecule has 0 aromatic rings. The number of hydrogen-bond acceptors (Lipinski definition) is 0. The molecule has 0 aliphatic heterocycles. The molecule has 0 nitrogen and oxygen atoms in total. The van der Waals surface area contributed by atoms with E-state index in [1.165, 1.54) is 0 Å². The highest BCUT2D eigenvalue weighted by Crippen LogP contribution is 2.26. The van der Waals surface area contributed by atoms with Crippen LogP contribution >= 0.6 is 0 Å². The van der Waals surface area contributed by atoms with Crippen molar-refractivity contribution >= 4 is 16.1 Å². The van der Waals surface area contributed by atoms with Crippen LogP contribution in [0.3, 0.4) is 0 Å². The average molecular weight is 173 g/mol. The molecule has 10 heavy (non-hydrogen) atoms. The van der Waals surface area contributed by atoms with Gasteiger partial charge in [-0.25, -0.2) is 0 Å². The van der Waals surface area contributed by atoms with E-state index in [-0.39, 0.29) is 0 Å². The lowest BCUT2D eigenvalue weighted by molar-refractivity contribution is 1.39. The monoisotopic (exact) mass is 173 g/mol. The lowest BCUT2D eigenvalue weighted by atomic mass is 10.9. The van der Waals surface area contributed by atoms with E-state index in [1.54, 1.807) is 0 Å². The predicted molar refractivity (Wildman–Crippen MR) is 55.6 cm³/mol. The van der Waals surface area contributed by atoms with Gasteiger partial charge in [-0.15, -0.1) is 0 Å². The summed E-state index contributed by atoms with van der Waals surface area (Å²) in [5.41, 5.74) is 0. The maximum Gasteiger partial charge on any atom is 0.0475 e. The van der Waals surface area contributed by atoms with Crippen molar-refractivity contribution in [2.75, 3.05) is 0 Å². The molecule has 61 valence electrons. The Kier molecular flexibility index (Phi) is 2.94. The molecule has 0 aliphatic rings. The Hall–Kier alpha value is 0.434. The second kappa shape index (κ2) is 2.82. The highest BCUT2D eigenvalue weighted by Gasteiger charge is 2.33. The van der Waals surface area contributed by atoms with Crippen LogP contribution < -0.4 is 0 Å². The Morgan fingerprint density at radius 3 is 0.900 bits per heavy atom. The molecule has 2 heteroatoms. The third-order valence-electron chi connectivity index (χ3n) is 2.25. The molecule has 0 atom stereocenters. The Bertz CT molecular complexity index is 91.4. The van der Waals surface area contributed by atoms with Crippen LogP contribution in [0.2, 0.25) is 39.3 Å². The van der Waals surface area contributed by atoms with Gasteiger partial charge < -0.3 is 0 Å². The minimum atomic E-state index is -0.918. The van der Waals surface area contributed by atoms with Crippen LogP contribution in [0.1, 0.15) is 6.92 Å². The first-order valence-corrected chi connectivity index (χ1v) is 11.0. The van der Waals surface area contributed by atoms with Crippen LogP contribution in [0.15, 0.2) is 0 Å².